The number of carbonyl (C=O) groups excluding carboxylic acids is 2. The van der Waals surface area contributed by atoms with Gasteiger partial charge in [0, 0.05) is 12.8 Å². The SMILES string of the molecule is CCc1occc1C(=O)N[C@H](CCC(N)=O)C(=O)O. The average Bonchev–Trinajstić information content (AvgIpc) is 2.81. The van der Waals surface area contributed by atoms with Gasteiger partial charge < -0.3 is 20.6 Å². The maximum Gasteiger partial charge on any atom is 0.326 e. The van der Waals surface area contributed by atoms with E-state index in [9.17, 15) is 14.4 Å². The van der Waals surface area contributed by atoms with E-state index in [2.05, 4.69) is 5.32 Å². The molecule has 2 amide bonds. The minimum Gasteiger partial charge on any atom is -0.480 e. The minimum atomic E-state index is -1.21. The van der Waals surface area contributed by atoms with Crippen LogP contribution in [-0.4, -0.2) is 28.9 Å². The van der Waals surface area contributed by atoms with Crippen molar-refractivity contribution in [2.45, 2.75) is 32.2 Å². The van der Waals surface area contributed by atoms with Gasteiger partial charge >= 0.3 is 5.97 Å². The first kappa shape index (κ1) is 14.7. The summed E-state index contributed by atoms with van der Waals surface area (Å²) in [7, 11) is 0. The van der Waals surface area contributed by atoms with Crippen molar-refractivity contribution >= 4 is 17.8 Å². The molecule has 1 aromatic heterocycles. The average molecular weight is 268 g/mol. The van der Waals surface area contributed by atoms with Crippen LogP contribution in [0.3, 0.4) is 0 Å². The number of aryl methyl sites for hydroxylation is 1. The molecule has 4 N–H and O–H groups in total. The summed E-state index contributed by atoms with van der Waals surface area (Å²) in [6.07, 6.45) is 1.74. The first-order valence-electron chi connectivity index (χ1n) is 5.84. The number of carboxylic acids is 1. The van der Waals surface area contributed by atoms with Crippen LogP contribution in [0.5, 0.6) is 0 Å². The lowest BCUT2D eigenvalue weighted by Crippen LogP contribution is -2.41. The molecule has 0 bridgehead atoms. The molecule has 0 saturated carbocycles. The van der Waals surface area contributed by atoms with Gasteiger partial charge in [0.05, 0.1) is 11.8 Å². The fourth-order valence-corrected chi connectivity index (χ4v) is 1.60. The molecule has 0 aliphatic heterocycles. The smallest absolute Gasteiger partial charge is 0.326 e. The number of rotatable bonds is 7. The second kappa shape index (κ2) is 6.58. The molecule has 1 heterocycles. The van der Waals surface area contributed by atoms with E-state index < -0.39 is 23.8 Å². The second-order valence-electron chi connectivity index (χ2n) is 3.98. The van der Waals surface area contributed by atoms with Gasteiger partial charge in [0.25, 0.3) is 5.91 Å². The van der Waals surface area contributed by atoms with Crippen LogP contribution in [0, 0.1) is 0 Å². The molecule has 0 fully saturated rings. The van der Waals surface area contributed by atoms with Crippen LogP contribution in [0.25, 0.3) is 0 Å². The van der Waals surface area contributed by atoms with Crippen molar-refractivity contribution < 1.29 is 23.9 Å². The second-order valence-corrected chi connectivity index (χ2v) is 3.98. The molecule has 0 saturated heterocycles. The quantitative estimate of drug-likeness (QED) is 0.656. The van der Waals surface area contributed by atoms with Gasteiger partial charge in [-0.1, -0.05) is 6.92 Å². The standard InChI is InChI=1S/C12H16N2O5/c1-2-9-7(5-6-19-9)11(16)14-8(12(17)18)3-4-10(13)15/h5-6,8H,2-4H2,1H3,(H2,13,15)(H,14,16)(H,17,18)/t8-/m1/s1. The topological polar surface area (TPSA) is 123 Å². The predicted octanol–water partition coefficient (Wildman–Crippen LogP) is 0.291. The third kappa shape index (κ3) is 4.13. The van der Waals surface area contributed by atoms with Crippen molar-refractivity contribution in [1.82, 2.24) is 5.32 Å². The van der Waals surface area contributed by atoms with E-state index in [0.29, 0.717) is 17.7 Å². The molecule has 104 valence electrons. The highest BCUT2D eigenvalue weighted by Crippen LogP contribution is 2.11. The van der Waals surface area contributed by atoms with Gasteiger partial charge in [0.15, 0.2) is 0 Å². The number of furan rings is 1. The Kier molecular flexibility index (Phi) is 5.11. The van der Waals surface area contributed by atoms with Gasteiger partial charge in [-0.15, -0.1) is 0 Å². The molecule has 0 aliphatic rings. The van der Waals surface area contributed by atoms with Crippen LogP contribution in [0.4, 0.5) is 0 Å². The highest BCUT2D eigenvalue weighted by atomic mass is 16.4. The van der Waals surface area contributed by atoms with E-state index in [-0.39, 0.29) is 12.8 Å². The number of carboxylic acid groups (broad SMARTS) is 1. The van der Waals surface area contributed by atoms with Crippen molar-refractivity contribution in [3.63, 3.8) is 0 Å². The maximum atomic E-state index is 11.9. The molecule has 1 atom stereocenters. The van der Waals surface area contributed by atoms with Crippen LogP contribution in [-0.2, 0) is 16.0 Å². The maximum absolute atomic E-state index is 11.9. The molecule has 7 nitrogen and oxygen atoms in total. The number of primary amides is 1. The highest BCUT2D eigenvalue weighted by Gasteiger charge is 2.23. The summed E-state index contributed by atoms with van der Waals surface area (Å²) in [6, 6.07) is 0.320. The Bertz CT molecular complexity index is 480. The van der Waals surface area contributed by atoms with Gasteiger partial charge in [-0.3, -0.25) is 9.59 Å². The summed E-state index contributed by atoms with van der Waals surface area (Å²) in [5.41, 5.74) is 5.25. The number of carbonyl (C=O) groups is 3. The number of hydrogen-bond acceptors (Lipinski definition) is 4. The van der Waals surface area contributed by atoms with Crippen molar-refractivity contribution in [2.75, 3.05) is 0 Å². The van der Waals surface area contributed by atoms with Gasteiger partial charge in [-0.05, 0) is 12.5 Å². The minimum absolute atomic E-state index is 0.0459. The molecule has 0 radical (unpaired) electrons. The number of amides is 2. The first-order chi connectivity index (χ1) is 8.95. The van der Waals surface area contributed by atoms with E-state index >= 15 is 0 Å². The zero-order chi connectivity index (χ0) is 14.4. The Labute approximate surface area is 109 Å². The Morgan fingerprint density at radius 3 is 2.68 bits per heavy atom. The van der Waals surface area contributed by atoms with E-state index in [4.69, 9.17) is 15.3 Å². The van der Waals surface area contributed by atoms with E-state index in [1.165, 1.54) is 12.3 Å². The predicted molar refractivity (Wildman–Crippen MR) is 65.4 cm³/mol. The molecule has 1 rings (SSSR count). The number of hydrogen-bond donors (Lipinski definition) is 3. The lowest BCUT2D eigenvalue weighted by atomic mass is 10.1. The summed E-state index contributed by atoms with van der Waals surface area (Å²) < 4.78 is 5.09. The largest absolute Gasteiger partial charge is 0.480 e. The molecule has 19 heavy (non-hydrogen) atoms. The summed E-state index contributed by atoms with van der Waals surface area (Å²) >= 11 is 0. The molecule has 0 aliphatic carbocycles. The molecule has 0 aromatic carbocycles. The Balaban J connectivity index is 2.71. The third-order valence-electron chi connectivity index (χ3n) is 2.59. The van der Waals surface area contributed by atoms with Crippen molar-refractivity contribution in [3.05, 3.63) is 23.7 Å². The third-order valence-corrected chi connectivity index (χ3v) is 2.59. The Morgan fingerprint density at radius 1 is 1.47 bits per heavy atom. The van der Waals surface area contributed by atoms with Gasteiger partial charge in [-0.2, -0.15) is 0 Å². The lowest BCUT2D eigenvalue weighted by Gasteiger charge is -2.13. The number of aliphatic carboxylic acids is 1. The van der Waals surface area contributed by atoms with Crippen LogP contribution in [0.2, 0.25) is 0 Å². The van der Waals surface area contributed by atoms with Gasteiger partial charge in [-0.25, -0.2) is 4.79 Å². The zero-order valence-corrected chi connectivity index (χ0v) is 10.5. The number of nitrogens with one attached hydrogen (secondary N) is 1. The normalized spacial score (nSPS) is 11.8. The van der Waals surface area contributed by atoms with Crippen LogP contribution in [0.15, 0.2) is 16.7 Å². The first-order valence-corrected chi connectivity index (χ1v) is 5.84. The monoisotopic (exact) mass is 268 g/mol. The van der Waals surface area contributed by atoms with E-state index in [1.54, 1.807) is 0 Å². The molecular formula is C12H16N2O5. The lowest BCUT2D eigenvalue weighted by molar-refractivity contribution is -0.139. The summed E-state index contributed by atoms with van der Waals surface area (Å²) in [4.78, 5) is 33.5. The fraction of sp³-hybridized carbons (Fsp3) is 0.417. The molecule has 7 heteroatoms. The highest BCUT2D eigenvalue weighted by molar-refractivity contribution is 5.97. The van der Waals surface area contributed by atoms with E-state index in [0.717, 1.165) is 0 Å². The van der Waals surface area contributed by atoms with Crippen LogP contribution in [0.1, 0.15) is 35.9 Å². The summed E-state index contributed by atoms with van der Waals surface area (Å²) in [6.45, 7) is 1.82. The Morgan fingerprint density at radius 2 is 2.16 bits per heavy atom. The number of nitrogens with two attached hydrogens (primary N) is 1. The van der Waals surface area contributed by atoms with Crippen molar-refractivity contribution in [3.8, 4) is 0 Å². The van der Waals surface area contributed by atoms with E-state index in [1.807, 2.05) is 6.92 Å². The summed E-state index contributed by atoms with van der Waals surface area (Å²) in [5.74, 6) is -1.88. The molecule has 0 spiro atoms. The molecule has 1 aromatic rings. The van der Waals surface area contributed by atoms with Crippen LogP contribution < -0.4 is 11.1 Å². The van der Waals surface area contributed by atoms with Gasteiger partial charge in [0.2, 0.25) is 5.91 Å². The summed E-state index contributed by atoms with van der Waals surface area (Å²) in [5, 5.41) is 11.3. The zero-order valence-electron chi connectivity index (χ0n) is 10.5. The van der Waals surface area contributed by atoms with Crippen molar-refractivity contribution in [1.29, 1.82) is 0 Å². The fourth-order valence-electron chi connectivity index (χ4n) is 1.60. The Hall–Kier alpha value is -2.31. The van der Waals surface area contributed by atoms with Crippen LogP contribution >= 0.6 is 0 Å². The van der Waals surface area contributed by atoms with Gasteiger partial charge in [0.1, 0.15) is 11.8 Å². The van der Waals surface area contributed by atoms with Crippen molar-refractivity contribution in [2.24, 2.45) is 5.73 Å². The molecular weight excluding hydrogens is 252 g/mol. The molecule has 0 unspecified atom stereocenters.